The molecule has 0 radical (unpaired) electrons. The van der Waals surface area contributed by atoms with Crippen molar-refractivity contribution in [3.8, 4) is 17.1 Å². The maximum absolute atomic E-state index is 12.2. The molecule has 0 fully saturated rings. The van der Waals surface area contributed by atoms with Crippen molar-refractivity contribution in [1.29, 1.82) is 0 Å². The first-order valence-corrected chi connectivity index (χ1v) is 11.3. The SMILES string of the molecule is O=C(CCCSc1nnc(-c2ccncc2)n1-c1ccc(Cl)cc1)c1cccs1. The zero-order valence-corrected chi connectivity index (χ0v) is 17.8. The highest BCUT2D eigenvalue weighted by molar-refractivity contribution is 7.99. The highest BCUT2D eigenvalue weighted by Gasteiger charge is 2.16. The highest BCUT2D eigenvalue weighted by Crippen LogP contribution is 2.29. The van der Waals surface area contributed by atoms with Crippen molar-refractivity contribution in [2.24, 2.45) is 0 Å². The smallest absolute Gasteiger partial charge is 0.196 e. The molecule has 0 spiro atoms. The van der Waals surface area contributed by atoms with E-state index in [2.05, 4.69) is 15.2 Å². The molecule has 4 rings (SSSR count). The summed E-state index contributed by atoms with van der Waals surface area (Å²) in [6.45, 7) is 0. The van der Waals surface area contributed by atoms with Gasteiger partial charge in [0.2, 0.25) is 0 Å². The number of Topliss-reactive ketones (excluding diaryl/α,β-unsaturated/α-hetero) is 1. The number of thiophene rings is 1. The molecule has 5 nitrogen and oxygen atoms in total. The normalized spacial score (nSPS) is 10.9. The van der Waals surface area contributed by atoms with E-state index >= 15 is 0 Å². The van der Waals surface area contributed by atoms with Crippen molar-refractivity contribution in [3.63, 3.8) is 0 Å². The minimum absolute atomic E-state index is 0.192. The fraction of sp³-hybridized carbons (Fsp3) is 0.143. The number of thioether (sulfide) groups is 1. The Bertz CT molecular complexity index is 1080. The molecule has 0 aliphatic heterocycles. The molecule has 0 saturated carbocycles. The fourth-order valence-corrected chi connectivity index (χ4v) is 4.54. The summed E-state index contributed by atoms with van der Waals surface area (Å²) < 4.78 is 2.01. The number of rotatable bonds is 8. The first-order chi connectivity index (χ1) is 14.2. The zero-order chi connectivity index (χ0) is 20.1. The molecule has 146 valence electrons. The summed E-state index contributed by atoms with van der Waals surface area (Å²) in [6, 6.07) is 15.2. The number of benzene rings is 1. The summed E-state index contributed by atoms with van der Waals surface area (Å²) in [5, 5.41) is 12.2. The summed E-state index contributed by atoms with van der Waals surface area (Å²) in [5.74, 6) is 1.71. The molecule has 1 aromatic carbocycles. The predicted octanol–water partition coefficient (Wildman–Crippen LogP) is 5.80. The summed E-state index contributed by atoms with van der Waals surface area (Å²) >= 11 is 9.14. The number of hydrogen-bond acceptors (Lipinski definition) is 6. The number of nitrogens with zero attached hydrogens (tertiary/aromatic N) is 4. The van der Waals surface area contributed by atoms with E-state index in [1.807, 2.05) is 58.5 Å². The van der Waals surface area contributed by atoms with Gasteiger partial charge >= 0.3 is 0 Å². The van der Waals surface area contributed by atoms with E-state index in [1.54, 1.807) is 24.2 Å². The largest absolute Gasteiger partial charge is 0.293 e. The summed E-state index contributed by atoms with van der Waals surface area (Å²) in [4.78, 5) is 17.1. The summed E-state index contributed by atoms with van der Waals surface area (Å²) in [7, 11) is 0. The Morgan fingerprint density at radius 1 is 1.07 bits per heavy atom. The van der Waals surface area contributed by atoms with Crippen molar-refractivity contribution >= 4 is 40.5 Å². The third-order valence-corrected chi connectivity index (χ3v) is 6.41. The van der Waals surface area contributed by atoms with Crippen LogP contribution >= 0.6 is 34.7 Å². The van der Waals surface area contributed by atoms with E-state index in [0.29, 0.717) is 11.4 Å². The molecule has 0 unspecified atom stereocenters. The van der Waals surface area contributed by atoms with Crippen LogP contribution in [0.1, 0.15) is 22.5 Å². The van der Waals surface area contributed by atoms with Crippen LogP contribution in [-0.2, 0) is 0 Å². The second-order valence-electron chi connectivity index (χ2n) is 6.21. The molecule has 8 heteroatoms. The molecule has 0 saturated heterocycles. The van der Waals surface area contributed by atoms with Crippen LogP contribution in [0.3, 0.4) is 0 Å². The van der Waals surface area contributed by atoms with Crippen LogP contribution in [0.5, 0.6) is 0 Å². The molecule has 29 heavy (non-hydrogen) atoms. The molecule has 0 bridgehead atoms. The number of carbonyl (C=O) groups is 1. The van der Waals surface area contributed by atoms with Gasteiger partial charge in [0.05, 0.1) is 4.88 Å². The fourth-order valence-electron chi connectivity index (χ4n) is 2.83. The number of carbonyl (C=O) groups excluding carboxylic acids is 1. The van der Waals surface area contributed by atoms with Crippen LogP contribution in [0.15, 0.2) is 71.5 Å². The Labute approximate surface area is 181 Å². The molecule has 0 aliphatic rings. The Hall–Kier alpha value is -2.48. The molecular formula is C21H17ClN4OS2. The number of aromatic nitrogens is 4. The van der Waals surface area contributed by atoms with Crippen molar-refractivity contribution in [2.75, 3.05) is 5.75 Å². The average Bonchev–Trinajstić information content (AvgIpc) is 3.43. The van der Waals surface area contributed by atoms with Crippen LogP contribution in [0.4, 0.5) is 0 Å². The number of pyridine rings is 1. The van der Waals surface area contributed by atoms with E-state index in [-0.39, 0.29) is 5.78 Å². The lowest BCUT2D eigenvalue weighted by Gasteiger charge is -2.10. The van der Waals surface area contributed by atoms with Gasteiger partial charge in [-0.2, -0.15) is 0 Å². The van der Waals surface area contributed by atoms with Crippen LogP contribution < -0.4 is 0 Å². The lowest BCUT2D eigenvalue weighted by molar-refractivity contribution is 0.0986. The first kappa shape index (κ1) is 19.8. The standard InChI is InChI=1S/C21H17ClN4OS2/c22-16-5-7-17(8-6-16)26-20(15-9-11-23-12-10-15)24-25-21(26)29-14-1-3-18(27)19-4-2-13-28-19/h2,4-13H,1,3,14H2. The molecule has 3 aromatic heterocycles. The van der Waals surface area contributed by atoms with E-state index in [1.165, 1.54) is 11.3 Å². The zero-order valence-electron chi connectivity index (χ0n) is 15.4. The molecule has 4 aromatic rings. The molecular weight excluding hydrogens is 424 g/mol. The highest BCUT2D eigenvalue weighted by atomic mass is 35.5. The van der Waals surface area contributed by atoms with E-state index in [0.717, 1.165) is 39.3 Å². The molecule has 0 atom stereocenters. The van der Waals surface area contributed by atoms with Gasteiger partial charge in [-0.3, -0.25) is 14.3 Å². The van der Waals surface area contributed by atoms with Crippen LogP contribution in [-0.4, -0.2) is 31.3 Å². The third kappa shape index (κ3) is 4.75. The van der Waals surface area contributed by atoms with Crippen molar-refractivity contribution in [3.05, 3.63) is 76.2 Å². The maximum Gasteiger partial charge on any atom is 0.196 e. The second-order valence-corrected chi connectivity index (χ2v) is 8.65. The Morgan fingerprint density at radius 3 is 2.59 bits per heavy atom. The van der Waals surface area contributed by atoms with E-state index < -0.39 is 0 Å². The van der Waals surface area contributed by atoms with E-state index in [4.69, 9.17) is 11.6 Å². The van der Waals surface area contributed by atoms with Crippen LogP contribution in [0.2, 0.25) is 5.02 Å². The van der Waals surface area contributed by atoms with Crippen molar-refractivity contribution in [1.82, 2.24) is 19.7 Å². The topological polar surface area (TPSA) is 60.7 Å². The lowest BCUT2D eigenvalue weighted by atomic mass is 10.2. The van der Waals surface area contributed by atoms with Gasteiger partial charge in [-0.05, 0) is 54.3 Å². The van der Waals surface area contributed by atoms with Crippen molar-refractivity contribution < 1.29 is 4.79 Å². The predicted molar refractivity (Wildman–Crippen MR) is 118 cm³/mol. The first-order valence-electron chi connectivity index (χ1n) is 9.03. The summed E-state index contributed by atoms with van der Waals surface area (Å²) in [6.07, 6.45) is 4.78. The Morgan fingerprint density at radius 2 is 1.86 bits per heavy atom. The van der Waals surface area contributed by atoms with Crippen LogP contribution in [0, 0.1) is 0 Å². The molecule has 0 amide bonds. The number of hydrogen-bond donors (Lipinski definition) is 0. The van der Waals surface area contributed by atoms with Gasteiger partial charge in [0, 0.05) is 40.8 Å². The van der Waals surface area contributed by atoms with Crippen molar-refractivity contribution in [2.45, 2.75) is 18.0 Å². The Kier molecular flexibility index (Phi) is 6.39. The minimum atomic E-state index is 0.192. The molecule has 3 heterocycles. The quantitative estimate of drug-likeness (QED) is 0.197. The van der Waals surface area contributed by atoms with Gasteiger partial charge in [0.1, 0.15) is 0 Å². The molecule has 0 N–H and O–H groups in total. The Balaban J connectivity index is 1.53. The maximum atomic E-state index is 12.2. The van der Waals surface area contributed by atoms with E-state index in [9.17, 15) is 4.79 Å². The van der Waals surface area contributed by atoms with Gasteiger partial charge in [-0.15, -0.1) is 21.5 Å². The summed E-state index contributed by atoms with van der Waals surface area (Å²) in [5.41, 5.74) is 1.87. The van der Waals surface area contributed by atoms with Gasteiger partial charge in [-0.1, -0.05) is 29.4 Å². The monoisotopic (exact) mass is 440 g/mol. The second kappa shape index (κ2) is 9.35. The van der Waals surface area contributed by atoms with Gasteiger partial charge in [0.25, 0.3) is 0 Å². The number of halogens is 1. The average molecular weight is 441 g/mol. The van der Waals surface area contributed by atoms with Gasteiger partial charge < -0.3 is 0 Å². The van der Waals surface area contributed by atoms with Crippen LogP contribution in [0.25, 0.3) is 17.1 Å². The lowest BCUT2D eigenvalue weighted by Crippen LogP contribution is -2.01. The van der Waals surface area contributed by atoms with Gasteiger partial charge in [0.15, 0.2) is 16.8 Å². The third-order valence-electron chi connectivity index (χ3n) is 4.23. The van der Waals surface area contributed by atoms with Gasteiger partial charge in [-0.25, -0.2) is 0 Å². The molecule has 0 aliphatic carbocycles. The minimum Gasteiger partial charge on any atom is -0.293 e. The number of ketones is 1.